The van der Waals surface area contributed by atoms with Crippen molar-refractivity contribution in [1.82, 2.24) is 0 Å². The van der Waals surface area contributed by atoms with Crippen molar-refractivity contribution in [2.75, 3.05) is 11.9 Å². The van der Waals surface area contributed by atoms with Crippen molar-refractivity contribution in [3.63, 3.8) is 0 Å². The van der Waals surface area contributed by atoms with Gasteiger partial charge in [0, 0.05) is 17.3 Å². The number of rotatable bonds is 6. The SMILES string of the molecule is Cc1cc(NC(=O)[C@@](C)(O)COc2ccc(C#N)cc2)ccc1[N+](=O)[O-]. The van der Waals surface area contributed by atoms with Crippen LogP contribution in [0.15, 0.2) is 42.5 Å². The van der Waals surface area contributed by atoms with Gasteiger partial charge < -0.3 is 15.2 Å². The molecule has 0 spiro atoms. The molecule has 0 radical (unpaired) electrons. The summed E-state index contributed by atoms with van der Waals surface area (Å²) in [6.07, 6.45) is 0. The van der Waals surface area contributed by atoms with E-state index in [1.807, 2.05) is 6.07 Å². The fourth-order valence-corrected chi connectivity index (χ4v) is 2.12. The molecule has 0 saturated heterocycles. The molecule has 0 aliphatic rings. The molecule has 1 atom stereocenters. The number of aryl methyl sites for hydroxylation is 1. The highest BCUT2D eigenvalue weighted by Crippen LogP contribution is 2.22. The highest BCUT2D eigenvalue weighted by molar-refractivity contribution is 5.97. The summed E-state index contributed by atoms with van der Waals surface area (Å²) in [4.78, 5) is 22.6. The van der Waals surface area contributed by atoms with Crippen molar-refractivity contribution >= 4 is 17.3 Å². The summed E-state index contributed by atoms with van der Waals surface area (Å²) in [6, 6.07) is 12.3. The Balaban J connectivity index is 2.01. The number of nitro groups is 1. The second-order valence-electron chi connectivity index (χ2n) is 5.91. The molecule has 134 valence electrons. The predicted molar refractivity (Wildman–Crippen MR) is 93.7 cm³/mol. The normalized spacial score (nSPS) is 12.5. The number of benzene rings is 2. The summed E-state index contributed by atoms with van der Waals surface area (Å²) in [5.41, 5.74) is -0.698. The van der Waals surface area contributed by atoms with Crippen LogP contribution in [-0.4, -0.2) is 28.1 Å². The maximum Gasteiger partial charge on any atom is 0.272 e. The van der Waals surface area contributed by atoms with Crippen LogP contribution < -0.4 is 10.1 Å². The van der Waals surface area contributed by atoms with Crippen LogP contribution in [0.4, 0.5) is 11.4 Å². The molecule has 0 heterocycles. The fourth-order valence-electron chi connectivity index (χ4n) is 2.12. The molecule has 8 heteroatoms. The first-order chi connectivity index (χ1) is 12.2. The van der Waals surface area contributed by atoms with Crippen LogP contribution in [0.3, 0.4) is 0 Å². The number of nitrogens with zero attached hydrogens (tertiary/aromatic N) is 2. The Kier molecular flexibility index (Phi) is 5.54. The maximum absolute atomic E-state index is 12.3. The molecule has 0 unspecified atom stereocenters. The highest BCUT2D eigenvalue weighted by atomic mass is 16.6. The molecule has 2 N–H and O–H groups in total. The first kappa shape index (κ1) is 18.9. The topological polar surface area (TPSA) is 125 Å². The largest absolute Gasteiger partial charge is 0.490 e. The zero-order chi connectivity index (χ0) is 19.3. The second-order valence-corrected chi connectivity index (χ2v) is 5.91. The number of hydrogen-bond donors (Lipinski definition) is 2. The second kappa shape index (κ2) is 7.63. The van der Waals surface area contributed by atoms with Crippen LogP contribution in [0.2, 0.25) is 0 Å². The average molecular weight is 355 g/mol. The number of nitro benzene ring substituents is 1. The molecule has 0 aromatic heterocycles. The lowest BCUT2D eigenvalue weighted by molar-refractivity contribution is -0.385. The van der Waals surface area contributed by atoms with E-state index in [0.717, 1.165) is 0 Å². The highest BCUT2D eigenvalue weighted by Gasteiger charge is 2.31. The van der Waals surface area contributed by atoms with E-state index >= 15 is 0 Å². The van der Waals surface area contributed by atoms with E-state index in [1.165, 1.54) is 25.1 Å². The first-order valence-corrected chi connectivity index (χ1v) is 7.65. The zero-order valence-corrected chi connectivity index (χ0v) is 14.2. The fraction of sp³-hybridized carbons (Fsp3) is 0.222. The zero-order valence-electron chi connectivity index (χ0n) is 14.2. The Hall–Kier alpha value is -3.44. The van der Waals surface area contributed by atoms with E-state index in [0.29, 0.717) is 22.6 Å². The third-order valence-electron chi connectivity index (χ3n) is 3.64. The molecule has 1 amide bonds. The Morgan fingerprint density at radius 1 is 1.35 bits per heavy atom. The number of hydrogen-bond acceptors (Lipinski definition) is 6. The molecule has 0 fully saturated rings. The summed E-state index contributed by atoms with van der Waals surface area (Å²) in [7, 11) is 0. The molecule has 0 saturated carbocycles. The predicted octanol–water partition coefficient (Wildman–Crippen LogP) is 2.54. The van der Waals surface area contributed by atoms with Gasteiger partial charge in [-0.05, 0) is 50.2 Å². The molecule has 0 aliphatic heterocycles. The number of ether oxygens (including phenoxy) is 1. The molecule has 0 bridgehead atoms. The summed E-state index contributed by atoms with van der Waals surface area (Å²) < 4.78 is 5.39. The molecule has 2 aromatic rings. The minimum atomic E-state index is -1.83. The lowest BCUT2D eigenvalue weighted by Gasteiger charge is -2.22. The van der Waals surface area contributed by atoms with E-state index in [2.05, 4.69) is 5.32 Å². The number of carbonyl (C=O) groups excluding carboxylic acids is 1. The van der Waals surface area contributed by atoms with E-state index in [4.69, 9.17) is 10.00 Å². The van der Waals surface area contributed by atoms with Gasteiger partial charge in [-0.2, -0.15) is 5.26 Å². The monoisotopic (exact) mass is 355 g/mol. The van der Waals surface area contributed by atoms with Crippen molar-refractivity contribution in [1.29, 1.82) is 5.26 Å². The number of nitriles is 1. The quantitative estimate of drug-likeness (QED) is 0.606. The van der Waals surface area contributed by atoms with Crippen LogP contribution in [0.5, 0.6) is 5.75 Å². The Morgan fingerprint density at radius 3 is 2.54 bits per heavy atom. The number of carbonyl (C=O) groups is 1. The van der Waals surface area contributed by atoms with Gasteiger partial charge in [-0.3, -0.25) is 14.9 Å². The summed E-state index contributed by atoms with van der Waals surface area (Å²) >= 11 is 0. The van der Waals surface area contributed by atoms with Crippen LogP contribution in [0.25, 0.3) is 0 Å². The van der Waals surface area contributed by atoms with Gasteiger partial charge >= 0.3 is 0 Å². The molecule has 2 rings (SSSR count). The smallest absolute Gasteiger partial charge is 0.272 e. The maximum atomic E-state index is 12.3. The molecule has 8 nitrogen and oxygen atoms in total. The third kappa shape index (κ3) is 4.55. The van der Waals surface area contributed by atoms with Gasteiger partial charge in [-0.25, -0.2) is 0 Å². The van der Waals surface area contributed by atoms with Crippen molar-refractivity contribution in [3.8, 4) is 11.8 Å². The van der Waals surface area contributed by atoms with Gasteiger partial charge in [0.15, 0.2) is 5.60 Å². The Bertz CT molecular complexity index is 869. The molecule has 0 aliphatic carbocycles. The van der Waals surface area contributed by atoms with Gasteiger partial charge in [-0.15, -0.1) is 0 Å². The number of anilines is 1. The Labute approximate surface area is 149 Å². The molecular formula is C18H17N3O5. The van der Waals surface area contributed by atoms with Gasteiger partial charge in [0.2, 0.25) is 0 Å². The lowest BCUT2D eigenvalue weighted by Crippen LogP contribution is -2.45. The van der Waals surface area contributed by atoms with Crippen LogP contribution in [-0.2, 0) is 4.79 Å². The first-order valence-electron chi connectivity index (χ1n) is 7.65. The van der Waals surface area contributed by atoms with Gasteiger partial charge in [0.05, 0.1) is 16.6 Å². The van der Waals surface area contributed by atoms with Crippen LogP contribution >= 0.6 is 0 Å². The molecule has 2 aromatic carbocycles. The van der Waals surface area contributed by atoms with Crippen molar-refractivity contribution < 1.29 is 19.6 Å². The van der Waals surface area contributed by atoms with Gasteiger partial charge in [-0.1, -0.05) is 0 Å². The lowest BCUT2D eigenvalue weighted by atomic mass is 10.1. The van der Waals surface area contributed by atoms with E-state index in [-0.39, 0.29) is 12.3 Å². The summed E-state index contributed by atoms with van der Waals surface area (Å²) in [6.45, 7) is 2.54. The van der Waals surface area contributed by atoms with E-state index in [9.17, 15) is 20.0 Å². The minimum Gasteiger partial charge on any atom is -0.490 e. The average Bonchev–Trinajstić information content (AvgIpc) is 2.60. The Morgan fingerprint density at radius 2 is 2.00 bits per heavy atom. The van der Waals surface area contributed by atoms with Crippen LogP contribution in [0.1, 0.15) is 18.1 Å². The summed E-state index contributed by atoms with van der Waals surface area (Å²) in [5, 5.41) is 32.4. The minimum absolute atomic E-state index is 0.0566. The molecule has 26 heavy (non-hydrogen) atoms. The summed E-state index contributed by atoms with van der Waals surface area (Å²) in [5.74, 6) is -0.303. The number of nitrogens with one attached hydrogen (secondary N) is 1. The van der Waals surface area contributed by atoms with E-state index < -0.39 is 16.4 Å². The van der Waals surface area contributed by atoms with Crippen molar-refractivity contribution in [2.45, 2.75) is 19.4 Å². The van der Waals surface area contributed by atoms with Crippen molar-refractivity contribution in [3.05, 3.63) is 63.7 Å². The molecular weight excluding hydrogens is 338 g/mol. The van der Waals surface area contributed by atoms with Crippen molar-refractivity contribution in [2.24, 2.45) is 0 Å². The number of amides is 1. The third-order valence-corrected chi connectivity index (χ3v) is 3.64. The van der Waals surface area contributed by atoms with E-state index in [1.54, 1.807) is 31.2 Å². The van der Waals surface area contributed by atoms with Gasteiger partial charge in [0.25, 0.3) is 11.6 Å². The van der Waals surface area contributed by atoms with Gasteiger partial charge in [0.1, 0.15) is 12.4 Å². The number of aliphatic hydroxyl groups is 1. The standard InChI is InChI=1S/C18H17N3O5/c1-12-9-14(5-8-16(12)21(24)25)20-17(22)18(2,23)11-26-15-6-3-13(10-19)4-7-15/h3-9,23H,11H2,1-2H3,(H,20,22)/t18-/m0/s1. The van der Waals surface area contributed by atoms with Crippen LogP contribution in [0, 0.1) is 28.4 Å².